The Morgan fingerprint density at radius 3 is 2.68 bits per heavy atom. The number of benzene rings is 1. The molecule has 1 rings (SSSR count). The zero-order valence-corrected chi connectivity index (χ0v) is 16.2. The van der Waals surface area contributed by atoms with Gasteiger partial charge < -0.3 is 15.8 Å². The zero-order chi connectivity index (χ0) is 18.3. The fraction of sp³-hybridized carbons (Fsp3) is 0.571. The molecule has 0 bridgehead atoms. The van der Waals surface area contributed by atoms with Crippen LogP contribution in [0.4, 0.5) is 5.69 Å². The Kier molecular flexibility index (Phi) is 11.7. The van der Waals surface area contributed by atoms with E-state index < -0.39 is 0 Å². The number of ether oxygens (including phenoxy) is 1. The molecule has 0 saturated carbocycles. The van der Waals surface area contributed by atoms with Crippen molar-refractivity contribution in [1.82, 2.24) is 5.32 Å². The van der Waals surface area contributed by atoms with Gasteiger partial charge in [-0.05, 0) is 69.0 Å². The topological polar surface area (TPSA) is 59.6 Å². The van der Waals surface area contributed by atoms with Gasteiger partial charge in [0.2, 0.25) is 0 Å². The van der Waals surface area contributed by atoms with Crippen LogP contribution in [-0.4, -0.2) is 25.5 Å². The summed E-state index contributed by atoms with van der Waals surface area (Å²) < 4.78 is 5.80. The van der Waals surface area contributed by atoms with Gasteiger partial charge >= 0.3 is 0 Å². The van der Waals surface area contributed by atoms with Gasteiger partial charge in [0, 0.05) is 0 Å². The standard InChI is InChI=1S/C21H35N3O/c1-4-6-8-15-25-17-20-16-21(24-18(3)22)12-11-19(20)10-9-14-23-13-7-5-2/h6,8,11-12,16,23H,4-5,7,9-10,13-15,17H2,1-3H3,(H2,22,24)/b8-6+. The summed E-state index contributed by atoms with van der Waals surface area (Å²) in [5, 5.41) is 3.50. The normalized spacial score (nSPS) is 12.2. The van der Waals surface area contributed by atoms with Crippen LogP contribution >= 0.6 is 0 Å². The van der Waals surface area contributed by atoms with Crippen LogP contribution in [0.1, 0.15) is 57.6 Å². The molecule has 140 valence electrons. The van der Waals surface area contributed by atoms with Crippen LogP contribution in [0.15, 0.2) is 35.3 Å². The van der Waals surface area contributed by atoms with E-state index in [2.05, 4.69) is 48.4 Å². The van der Waals surface area contributed by atoms with Gasteiger partial charge in [0.05, 0.1) is 24.7 Å². The second-order valence-electron chi connectivity index (χ2n) is 6.31. The first-order valence-electron chi connectivity index (χ1n) is 9.53. The van der Waals surface area contributed by atoms with Gasteiger partial charge in [0.15, 0.2) is 0 Å². The highest BCUT2D eigenvalue weighted by Gasteiger charge is 2.05. The van der Waals surface area contributed by atoms with Gasteiger partial charge in [0.1, 0.15) is 0 Å². The summed E-state index contributed by atoms with van der Waals surface area (Å²) in [4.78, 5) is 4.36. The summed E-state index contributed by atoms with van der Waals surface area (Å²) in [6, 6.07) is 6.30. The van der Waals surface area contributed by atoms with E-state index in [0.29, 0.717) is 19.0 Å². The third kappa shape index (κ3) is 10.0. The molecule has 0 atom stereocenters. The maximum Gasteiger partial charge on any atom is 0.0964 e. The second-order valence-corrected chi connectivity index (χ2v) is 6.31. The molecule has 0 aliphatic heterocycles. The molecule has 0 fully saturated rings. The van der Waals surface area contributed by atoms with Crippen LogP contribution < -0.4 is 11.1 Å². The number of nitrogens with one attached hydrogen (secondary N) is 1. The monoisotopic (exact) mass is 345 g/mol. The highest BCUT2D eigenvalue weighted by Crippen LogP contribution is 2.21. The Morgan fingerprint density at radius 2 is 1.96 bits per heavy atom. The summed E-state index contributed by atoms with van der Waals surface area (Å²) in [5.74, 6) is 0.575. The molecule has 0 saturated heterocycles. The minimum atomic E-state index is 0.575. The van der Waals surface area contributed by atoms with Crippen molar-refractivity contribution < 1.29 is 4.74 Å². The summed E-state index contributed by atoms with van der Waals surface area (Å²) in [5.41, 5.74) is 9.15. The number of nitrogens with two attached hydrogens (primary N) is 1. The Morgan fingerprint density at radius 1 is 1.16 bits per heavy atom. The Bertz CT molecular complexity index is 534. The first-order chi connectivity index (χ1) is 12.2. The van der Waals surface area contributed by atoms with Gasteiger partial charge in [0.25, 0.3) is 0 Å². The molecule has 1 aromatic rings. The zero-order valence-electron chi connectivity index (χ0n) is 16.2. The van der Waals surface area contributed by atoms with Crippen molar-refractivity contribution in [3.05, 3.63) is 41.5 Å². The number of amidine groups is 1. The predicted molar refractivity (Wildman–Crippen MR) is 109 cm³/mol. The molecule has 3 N–H and O–H groups in total. The van der Waals surface area contributed by atoms with Crippen molar-refractivity contribution in [3.63, 3.8) is 0 Å². The van der Waals surface area contributed by atoms with E-state index in [9.17, 15) is 0 Å². The molecule has 25 heavy (non-hydrogen) atoms. The molecular formula is C21H35N3O. The van der Waals surface area contributed by atoms with Crippen LogP contribution in [0.25, 0.3) is 0 Å². The number of hydrogen-bond donors (Lipinski definition) is 2. The van der Waals surface area contributed by atoms with Crippen LogP contribution in [0.3, 0.4) is 0 Å². The Labute approximate surface area is 153 Å². The third-order valence-corrected chi connectivity index (χ3v) is 3.88. The van der Waals surface area contributed by atoms with Crippen LogP contribution in [0, 0.1) is 0 Å². The smallest absolute Gasteiger partial charge is 0.0964 e. The average molecular weight is 346 g/mol. The molecule has 0 amide bonds. The number of aryl methyl sites for hydroxylation is 1. The lowest BCUT2D eigenvalue weighted by Gasteiger charge is -2.11. The molecule has 0 aliphatic carbocycles. The summed E-state index contributed by atoms with van der Waals surface area (Å²) in [6.45, 7) is 9.58. The summed E-state index contributed by atoms with van der Waals surface area (Å²) in [7, 11) is 0. The van der Waals surface area contributed by atoms with Gasteiger partial charge in [-0.1, -0.05) is 38.5 Å². The third-order valence-electron chi connectivity index (χ3n) is 3.88. The van der Waals surface area contributed by atoms with Gasteiger partial charge in [-0.2, -0.15) is 0 Å². The van der Waals surface area contributed by atoms with Crippen molar-refractivity contribution >= 4 is 11.5 Å². The molecule has 4 heteroatoms. The fourth-order valence-electron chi connectivity index (χ4n) is 2.57. The van der Waals surface area contributed by atoms with Crippen molar-refractivity contribution in [2.75, 3.05) is 19.7 Å². The summed E-state index contributed by atoms with van der Waals surface area (Å²) >= 11 is 0. The highest BCUT2D eigenvalue weighted by atomic mass is 16.5. The lowest BCUT2D eigenvalue weighted by atomic mass is 10.0. The average Bonchev–Trinajstić information content (AvgIpc) is 2.58. The number of nitrogens with zero attached hydrogens (tertiary/aromatic N) is 1. The van der Waals surface area contributed by atoms with E-state index in [1.54, 1.807) is 0 Å². The maximum atomic E-state index is 5.80. The molecule has 0 radical (unpaired) electrons. The van der Waals surface area contributed by atoms with E-state index in [0.717, 1.165) is 38.0 Å². The number of hydrogen-bond acceptors (Lipinski definition) is 3. The van der Waals surface area contributed by atoms with E-state index in [1.807, 2.05) is 13.0 Å². The van der Waals surface area contributed by atoms with Crippen molar-refractivity contribution in [3.8, 4) is 0 Å². The lowest BCUT2D eigenvalue weighted by Crippen LogP contribution is -2.17. The minimum absolute atomic E-state index is 0.575. The number of unbranched alkanes of at least 4 members (excludes halogenated alkanes) is 1. The minimum Gasteiger partial charge on any atom is -0.387 e. The van der Waals surface area contributed by atoms with Crippen LogP contribution in [0.5, 0.6) is 0 Å². The van der Waals surface area contributed by atoms with E-state index in [-0.39, 0.29) is 0 Å². The largest absolute Gasteiger partial charge is 0.387 e. The first kappa shape index (κ1) is 21.4. The summed E-state index contributed by atoms with van der Waals surface area (Å²) in [6.07, 6.45) is 9.91. The van der Waals surface area contributed by atoms with Crippen LogP contribution in [0.2, 0.25) is 0 Å². The molecule has 4 nitrogen and oxygen atoms in total. The Balaban J connectivity index is 2.63. The number of aliphatic imine (C=N–C) groups is 1. The maximum absolute atomic E-state index is 5.80. The molecule has 0 aliphatic rings. The van der Waals surface area contributed by atoms with E-state index in [4.69, 9.17) is 10.5 Å². The number of rotatable bonds is 13. The van der Waals surface area contributed by atoms with Crippen molar-refractivity contribution in [2.24, 2.45) is 10.7 Å². The van der Waals surface area contributed by atoms with Gasteiger partial charge in [-0.3, -0.25) is 0 Å². The molecule has 0 spiro atoms. The first-order valence-corrected chi connectivity index (χ1v) is 9.53. The highest BCUT2D eigenvalue weighted by molar-refractivity contribution is 5.80. The van der Waals surface area contributed by atoms with Crippen molar-refractivity contribution in [1.29, 1.82) is 0 Å². The second kappa shape index (κ2) is 13.6. The SMILES string of the molecule is CC/C=C/COCc1cc(N=C(C)N)ccc1CCCNCCCC. The molecule has 1 aromatic carbocycles. The van der Waals surface area contributed by atoms with E-state index >= 15 is 0 Å². The molecule has 0 heterocycles. The molecule has 0 unspecified atom stereocenters. The van der Waals surface area contributed by atoms with E-state index in [1.165, 1.54) is 24.0 Å². The lowest BCUT2D eigenvalue weighted by molar-refractivity contribution is 0.148. The number of allylic oxidation sites excluding steroid dienone is 1. The molecule has 0 aromatic heterocycles. The van der Waals surface area contributed by atoms with Crippen LogP contribution in [-0.2, 0) is 17.8 Å². The predicted octanol–water partition coefficient (Wildman–Crippen LogP) is 4.50. The molecular weight excluding hydrogens is 310 g/mol. The fourth-order valence-corrected chi connectivity index (χ4v) is 2.57. The van der Waals surface area contributed by atoms with Gasteiger partial charge in [-0.25, -0.2) is 4.99 Å². The van der Waals surface area contributed by atoms with Crippen molar-refractivity contribution in [2.45, 2.75) is 59.5 Å². The quantitative estimate of drug-likeness (QED) is 0.239. The van der Waals surface area contributed by atoms with Gasteiger partial charge in [-0.15, -0.1) is 0 Å². The Hall–Kier alpha value is -1.65.